The fraction of sp³-hybridized carbons (Fsp3) is 0.887. The first kappa shape index (κ1) is 79.9. The van der Waals surface area contributed by atoms with Crippen molar-refractivity contribution in [3.05, 3.63) is 36.5 Å². The summed E-state index contributed by atoms with van der Waals surface area (Å²) >= 11 is 0. The third-order valence-electron chi connectivity index (χ3n) is 23.9. The molecule has 532 valence electrons. The predicted octanol–water partition coefficient (Wildman–Crippen LogP) is 14.9. The molecule has 4 N–H and O–H groups in total. The Labute approximate surface area is 563 Å². The van der Waals surface area contributed by atoms with E-state index in [0.29, 0.717) is 70.8 Å². The van der Waals surface area contributed by atoms with Crippen LogP contribution in [-0.2, 0) is 60.1 Å². The summed E-state index contributed by atoms with van der Waals surface area (Å²) in [6, 6.07) is 1.87. The number of carbonyl (C=O) groups excluding carboxylic acids is 2. The van der Waals surface area contributed by atoms with Crippen molar-refractivity contribution >= 4 is 53.3 Å². The van der Waals surface area contributed by atoms with E-state index in [4.69, 9.17) is 62.9 Å². The number of nitrogens with two attached hydrogens (primary N) is 1. The van der Waals surface area contributed by atoms with Crippen LogP contribution < -0.4 is 5.73 Å². The van der Waals surface area contributed by atoms with Gasteiger partial charge < -0.3 is 66.5 Å². The summed E-state index contributed by atoms with van der Waals surface area (Å²) in [5, 5.41) is 24.3. The van der Waals surface area contributed by atoms with Crippen LogP contribution in [0, 0.1) is 5.92 Å². The molecule has 21 heteroatoms. The van der Waals surface area contributed by atoms with E-state index in [-0.39, 0.29) is 69.1 Å². The zero-order valence-electron chi connectivity index (χ0n) is 62.1. The largest absolute Gasteiger partial charge is 0.458 e. The van der Waals surface area contributed by atoms with Crippen LogP contribution in [0.15, 0.2) is 36.5 Å². The van der Waals surface area contributed by atoms with Gasteiger partial charge in [-0.3, -0.25) is 9.59 Å². The molecule has 0 radical (unpaired) electrons. The Morgan fingerprint density at radius 3 is 1.75 bits per heavy atom. The highest BCUT2D eigenvalue weighted by Gasteiger charge is 2.58. The molecule has 7 aliphatic heterocycles. The second-order valence-corrected chi connectivity index (χ2v) is 58.6. The predicted molar refractivity (Wildman–Crippen MR) is 382 cm³/mol. The molecule has 7 rings (SSSR count). The fourth-order valence-electron chi connectivity index (χ4n) is 13.2. The quantitative estimate of drug-likeness (QED) is 0.0793. The molecule has 0 amide bonds. The summed E-state index contributed by atoms with van der Waals surface area (Å²) < 4.78 is 78.4. The number of allylic oxidation sites excluding steroid dienone is 1. The van der Waals surface area contributed by atoms with Crippen LogP contribution in [0.25, 0.3) is 0 Å². The molecular formula is C71H133NO15Si5. The van der Waals surface area contributed by atoms with Crippen molar-refractivity contribution in [1.29, 1.82) is 0 Å². The number of carbonyl (C=O) groups is 2. The van der Waals surface area contributed by atoms with Crippen molar-refractivity contribution in [2.75, 3.05) is 6.61 Å². The Morgan fingerprint density at radius 1 is 0.598 bits per heavy atom. The van der Waals surface area contributed by atoms with E-state index in [2.05, 4.69) is 170 Å². The average molecular weight is 1380 g/mol. The average Bonchev–Trinajstić information content (AvgIpc) is 0.844. The molecule has 6 unspecified atom stereocenters. The third-order valence-corrected chi connectivity index (χ3v) is 46.6. The van der Waals surface area contributed by atoms with Crippen molar-refractivity contribution in [1.82, 2.24) is 0 Å². The Balaban J connectivity index is 1.42. The van der Waals surface area contributed by atoms with E-state index in [0.717, 1.165) is 29.3 Å². The molecule has 16 nitrogen and oxygen atoms in total. The summed E-state index contributed by atoms with van der Waals surface area (Å²) in [5.74, 6) is -0.744. The minimum Gasteiger partial charge on any atom is -0.458 e. The monoisotopic (exact) mass is 1380 g/mol. The highest BCUT2D eigenvalue weighted by Crippen LogP contribution is 2.47. The van der Waals surface area contributed by atoms with Crippen molar-refractivity contribution in [2.45, 2.75) is 388 Å². The summed E-state index contributed by atoms with van der Waals surface area (Å²) in [4.78, 5) is 29.1. The number of hydrogen-bond acceptors (Lipinski definition) is 16. The molecule has 7 heterocycles. The third kappa shape index (κ3) is 19.7. The summed E-state index contributed by atoms with van der Waals surface area (Å²) in [7, 11) is -12.1. The number of ketones is 1. The highest BCUT2D eigenvalue weighted by atomic mass is 28.4. The molecule has 7 aliphatic rings. The standard InChI is InChI=1S/C71H133NO15Si5/c1-27-92(28-2,29-3)86-56-43-58-64(61(72)63-59(80-58)44-57(85-90(23,24)70(13,14)15)53(81-63)38-39-77-88(19,20)68(7,8)9)83-60(75)42-51-34-37-54-65(79-51)62(76)67(87-91(25,26)71(16,17)18)66(82-54)55(84-89(21,22)69(10,11)12)36-31-48(73)30-33-50-41-46(5)52(78-50)35-32-49(74)40-45(4)47(56)6/h31,36,45,49-59,61-67,74,76H,5-6,27-30,32-35,37-44,72H2,1-4,7-26H3/b36-31+/t45-,49-,50?,51-,52+,53?,54+,55?,56?,57?,58+,59+,61+,62+,63-,64+,65+,66+,67?/m1/s1. The van der Waals surface area contributed by atoms with Crippen LogP contribution in [-0.4, -0.2) is 180 Å². The molecular weight excluding hydrogens is 1250 g/mol. The van der Waals surface area contributed by atoms with E-state index >= 15 is 4.79 Å². The number of aliphatic hydroxyl groups is 2. The SMILES string of the molecule is C=C1C(O[Si](CC)(CC)CC)C[C@@H]2O[C@H]3CC(O[Si](C)(C)C(C)(C)C)C(CCO[Si](C)(C)C(C)(C)C)O[C@H]3[C@H](N)[C@H]2OC(=O)C[C@H]2CC[C@@H]3O[C@@H](C(O[Si](C)(C)C(C)(C)C)/C=C/C(=O)CCC4CC(=C)[C@H](CC[C@@H](O)C[C@H]1C)O4)C(O[Si](C)(C)C(C)(C)C)[C@@H](O)[C@H]3O2. The first-order valence-electron chi connectivity index (χ1n) is 35.7. The summed E-state index contributed by atoms with van der Waals surface area (Å²) in [5.41, 5.74) is 9.45. The first-order chi connectivity index (χ1) is 42.2. The molecule has 0 aromatic rings. The Kier molecular flexibility index (Phi) is 27.1. The fourth-order valence-corrected chi connectivity index (χ4v) is 21.0. The van der Waals surface area contributed by atoms with Gasteiger partial charge in [0.15, 0.2) is 47.4 Å². The molecule has 5 fully saturated rings. The van der Waals surface area contributed by atoms with Gasteiger partial charge in [0.25, 0.3) is 0 Å². The minimum atomic E-state index is -2.65. The lowest BCUT2D eigenvalue weighted by molar-refractivity contribution is -0.272. The van der Waals surface area contributed by atoms with Crippen molar-refractivity contribution in [3.63, 3.8) is 0 Å². The zero-order chi connectivity index (χ0) is 69.3. The maximum atomic E-state index is 15.1. The lowest BCUT2D eigenvalue weighted by Gasteiger charge is -2.53. The maximum absolute atomic E-state index is 15.1. The Bertz CT molecular complexity index is 2470. The summed E-state index contributed by atoms with van der Waals surface area (Å²) in [6.45, 7) is 62.8. The molecule has 0 aromatic carbocycles. The number of esters is 1. The smallest absolute Gasteiger partial charge is 0.308 e. The maximum Gasteiger partial charge on any atom is 0.308 e. The van der Waals surface area contributed by atoms with Crippen LogP contribution in [0.1, 0.15) is 188 Å². The molecule has 0 aromatic heterocycles. The minimum absolute atomic E-state index is 0.0192. The van der Waals surface area contributed by atoms with Gasteiger partial charge in [0.1, 0.15) is 36.6 Å². The number of ether oxygens (including phenoxy) is 6. The molecule has 0 saturated carbocycles. The molecule has 0 aliphatic carbocycles. The van der Waals surface area contributed by atoms with Gasteiger partial charge >= 0.3 is 5.97 Å². The number of fused-ring (bicyclic) bond motifs is 16. The van der Waals surface area contributed by atoms with Gasteiger partial charge in [0, 0.05) is 25.9 Å². The molecule has 0 spiro atoms. The molecule has 6 bridgehead atoms. The number of rotatable bonds is 15. The number of aliphatic hydroxyl groups excluding tert-OH is 2. The van der Waals surface area contributed by atoms with Crippen molar-refractivity contribution in [3.8, 4) is 0 Å². The lowest BCUT2D eigenvalue weighted by atomic mass is 9.83. The van der Waals surface area contributed by atoms with E-state index in [9.17, 15) is 15.0 Å². The molecule has 92 heavy (non-hydrogen) atoms. The van der Waals surface area contributed by atoms with E-state index in [1.165, 1.54) is 0 Å². The normalized spacial score (nSPS) is 35.9. The summed E-state index contributed by atoms with van der Waals surface area (Å²) in [6.07, 6.45) is -2.25. The molecule has 5 saturated heterocycles. The second kappa shape index (κ2) is 31.2. The van der Waals surface area contributed by atoms with Crippen LogP contribution in [0.3, 0.4) is 0 Å². The van der Waals surface area contributed by atoms with Gasteiger partial charge in [0.05, 0.1) is 79.6 Å². The topological polar surface area (TPSA) is 202 Å². The Hall–Kier alpha value is -1.08. The van der Waals surface area contributed by atoms with Gasteiger partial charge in [-0.15, -0.1) is 0 Å². The van der Waals surface area contributed by atoms with Gasteiger partial charge in [-0.05, 0) is 165 Å². The van der Waals surface area contributed by atoms with Gasteiger partial charge in [-0.25, -0.2) is 0 Å². The number of hydrogen-bond donors (Lipinski definition) is 3. The van der Waals surface area contributed by atoms with E-state index in [1.807, 2.05) is 6.08 Å². The van der Waals surface area contributed by atoms with Crippen LogP contribution in [0.4, 0.5) is 0 Å². The first-order valence-corrected chi connectivity index (χ1v) is 49.9. The van der Waals surface area contributed by atoms with E-state index < -0.39 is 133 Å². The van der Waals surface area contributed by atoms with Gasteiger partial charge in [0.2, 0.25) is 0 Å². The van der Waals surface area contributed by atoms with Crippen LogP contribution in [0.5, 0.6) is 0 Å². The Morgan fingerprint density at radius 2 is 1.16 bits per heavy atom. The van der Waals surface area contributed by atoms with E-state index in [1.54, 1.807) is 6.08 Å². The van der Waals surface area contributed by atoms with Crippen molar-refractivity contribution in [2.24, 2.45) is 11.7 Å². The van der Waals surface area contributed by atoms with Crippen LogP contribution >= 0.6 is 0 Å². The van der Waals surface area contributed by atoms with Crippen molar-refractivity contribution < 1.29 is 70.4 Å². The second-order valence-electron chi connectivity index (χ2n) is 34.8. The highest BCUT2D eigenvalue weighted by molar-refractivity contribution is 6.75. The van der Waals surface area contributed by atoms with Crippen LogP contribution in [0.2, 0.25) is 90.7 Å². The van der Waals surface area contributed by atoms with Gasteiger partial charge in [-0.2, -0.15) is 0 Å². The lowest BCUT2D eigenvalue weighted by Crippen LogP contribution is -2.68. The molecule has 19 atom stereocenters. The van der Waals surface area contributed by atoms with Gasteiger partial charge in [-0.1, -0.05) is 130 Å². The zero-order valence-corrected chi connectivity index (χ0v) is 67.1.